The molecule has 2 N–H and O–H groups in total. The Labute approximate surface area is 97.7 Å². The first-order valence-electron chi connectivity index (χ1n) is 4.75. The fourth-order valence-corrected chi connectivity index (χ4v) is 2.73. The van der Waals surface area contributed by atoms with Crippen molar-refractivity contribution >= 4 is 17.5 Å². The van der Waals surface area contributed by atoms with Crippen LogP contribution in [0.3, 0.4) is 0 Å². The zero-order valence-electron chi connectivity index (χ0n) is 8.76. The summed E-state index contributed by atoms with van der Waals surface area (Å²) < 4.78 is 0. The van der Waals surface area contributed by atoms with Crippen molar-refractivity contribution in [3.63, 3.8) is 0 Å². The standard InChI is InChI=1S/C10H9ClN4O/c1-5-9(2)14-7(11)6(3-12)10(5,4-13)8(16)15-9/h5,14H,1-2H3,(H,15,16). The molecule has 16 heavy (non-hydrogen) atoms. The molecule has 2 bridgehead atoms. The number of nitrogens with zero attached hydrogens (tertiary/aromatic N) is 2. The SMILES string of the molecule is CC1C2(C)NC(=O)C1(C#N)C(C#N)=C(Cl)N2. The van der Waals surface area contributed by atoms with Crippen LogP contribution >= 0.6 is 11.6 Å². The van der Waals surface area contributed by atoms with Gasteiger partial charge in [0.25, 0.3) is 0 Å². The Morgan fingerprint density at radius 1 is 1.44 bits per heavy atom. The van der Waals surface area contributed by atoms with Crippen molar-refractivity contribution in [2.45, 2.75) is 19.5 Å². The average Bonchev–Trinajstić information content (AvgIpc) is 2.35. The lowest BCUT2D eigenvalue weighted by Crippen LogP contribution is -2.56. The lowest BCUT2D eigenvalue weighted by Gasteiger charge is -2.38. The molecule has 1 amide bonds. The second-order valence-electron chi connectivity index (χ2n) is 4.22. The number of halogens is 1. The predicted molar refractivity (Wildman–Crippen MR) is 55.4 cm³/mol. The first-order valence-corrected chi connectivity index (χ1v) is 5.12. The van der Waals surface area contributed by atoms with E-state index in [4.69, 9.17) is 16.9 Å². The number of hydrogen-bond donors (Lipinski definition) is 2. The fraction of sp³-hybridized carbons (Fsp3) is 0.500. The number of rotatable bonds is 0. The van der Waals surface area contributed by atoms with Crippen LogP contribution in [0, 0.1) is 34.0 Å². The van der Waals surface area contributed by atoms with Crippen molar-refractivity contribution in [3.8, 4) is 12.1 Å². The smallest absolute Gasteiger partial charge is 0.248 e. The lowest BCUT2D eigenvalue weighted by molar-refractivity contribution is -0.124. The maximum atomic E-state index is 11.9. The molecule has 0 aliphatic carbocycles. The zero-order chi connectivity index (χ0) is 12.1. The van der Waals surface area contributed by atoms with Crippen molar-refractivity contribution in [1.29, 1.82) is 10.5 Å². The molecule has 2 aliphatic rings. The molecule has 1 saturated heterocycles. The van der Waals surface area contributed by atoms with Crippen LogP contribution in [-0.4, -0.2) is 11.6 Å². The van der Waals surface area contributed by atoms with Gasteiger partial charge in [-0.15, -0.1) is 0 Å². The first-order chi connectivity index (χ1) is 7.42. The van der Waals surface area contributed by atoms with Gasteiger partial charge in [-0.2, -0.15) is 10.5 Å². The van der Waals surface area contributed by atoms with E-state index in [-0.39, 0.29) is 16.6 Å². The van der Waals surface area contributed by atoms with Gasteiger partial charge in [0.15, 0.2) is 5.41 Å². The molecule has 82 valence electrons. The molecule has 0 aromatic rings. The molecular formula is C10H9ClN4O. The summed E-state index contributed by atoms with van der Waals surface area (Å²) in [6, 6.07) is 3.80. The van der Waals surface area contributed by atoms with E-state index in [1.54, 1.807) is 13.8 Å². The van der Waals surface area contributed by atoms with Gasteiger partial charge in [-0.1, -0.05) is 18.5 Å². The number of hydrogen-bond acceptors (Lipinski definition) is 4. The third-order valence-corrected chi connectivity index (χ3v) is 3.80. The highest BCUT2D eigenvalue weighted by molar-refractivity contribution is 6.30. The van der Waals surface area contributed by atoms with Gasteiger partial charge in [-0.05, 0) is 6.92 Å². The number of fused-ring (bicyclic) bond motifs is 2. The minimum Gasteiger partial charge on any atom is -0.352 e. The molecule has 0 aromatic heterocycles. The second kappa shape index (κ2) is 2.90. The van der Waals surface area contributed by atoms with Crippen molar-refractivity contribution in [2.75, 3.05) is 0 Å². The van der Waals surface area contributed by atoms with Gasteiger partial charge >= 0.3 is 0 Å². The highest BCUT2D eigenvalue weighted by Gasteiger charge is 2.65. The summed E-state index contributed by atoms with van der Waals surface area (Å²) in [5.74, 6) is -0.834. The Balaban J connectivity index is 2.77. The molecule has 2 aliphatic heterocycles. The monoisotopic (exact) mass is 236 g/mol. The largest absolute Gasteiger partial charge is 0.352 e. The van der Waals surface area contributed by atoms with E-state index in [0.717, 1.165) is 0 Å². The molecule has 0 radical (unpaired) electrons. The van der Waals surface area contributed by atoms with Crippen molar-refractivity contribution in [1.82, 2.24) is 10.6 Å². The van der Waals surface area contributed by atoms with E-state index >= 15 is 0 Å². The Hall–Kier alpha value is -1.72. The van der Waals surface area contributed by atoms with Crippen LogP contribution in [0.4, 0.5) is 0 Å². The summed E-state index contributed by atoms with van der Waals surface area (Å²) >= 11 is 5.90. The third-order valence-electron chi connectivity index (χ3n) is 3.52. The molecule has 3 atom stereocenters. The Morgan fingerprint density at radius 2 is 2.06 bits per heavy atom. The van der Waals surface area contributed by atoms with E-state index in [1.165, 1.54) is 0 Å². The Kier molecular flexibility index (Phi) is 1.95. The Morgan fingerprint density at radius 3 is 2.56 bits per heavy atom. The predicted octanol–water partition coefficient (Wildman–Crippen LogP) is 0.556. The van der Waals surface area contributed by atoms with Crippen LogP contribution in [0.1, 0.15) is 13.8 Å². The Bertz CT molecular complexity index is 500. The number of amides is 1. The van der Waals surface area contributed by atoms with Crippen LogP contribution in [-0.2, 0) is 4.79 Å². The van der Waals surface area contributed by atoms with Gasteiger partial charge in [-0.3, -0.25) is 4.79 Å². The molecule has 2 rings (SSSR count). The number of nitriles is 2. The quantitative estimate of drug-likeness (QED) is 0.602. The molecule has 2 heterocycles. The summed E-state index contributed by atoms with van der Waals surface area (Å²) in [5.41, 5.74) is -2.24. The van der Waals surface area contributed by atoms with E-state index in [9.17, 15) is 10.1 Å². The second-order valence-corrected chi connectivity index (χ2v) is 4.60. The van der Waals surface area contributed by atoms with Gasteiger partial charge in [0.2, 0.25) is 5.91 Å². The van der Waals surface area contributed by atoms with E-state index in [0.29, 0.717) is 0 Å². The molecular weight excluding hydrogens is 228 g/mol. The maximum Gasteiger partial charge on any atom is 0.248 e. The zero-order valence-corrected chi connectivity index (χ0v) is 9.51. The third kappa shape index (κ3) is 0.917. The summed E-state index contributed by atoms with van der Waals surface area (Å²) in [4.78, 5) is 11.9. The van der Waals surface area contributed by atoms with Crippen LogP contribution in [0.5, 0.6) is 0 Å². The minimum atomic E-state index is -1.47. The molecule has 3 unspecified atom stereocenters. The highest BCUT2D eigenvalue weighted by Crippen LogP contribution is 2.50. The molecule has 5 nitrogen and oxygen atoms in total. The van der Waals surface area contributed by atoms with Crippen LogP contribution in [0.25, 0.3) is 0 Å². The topological polar surface area (TPSA) is 88.7 Å². The van der Waals surface area contributed by atoms with Crippen LogP contribution in [0.15, 0.2) is 10.7 Å². The van der Waals surface area contributed by atoms with E-state index in [2.05, 4.69) is 10.6 Å². The lowest BCUT2D eigenvalue weighted by atomic mass is 9.69. The van der Waals surface area contributed by atoms with Gasteiger partial charge < -0.3 is 10.6 Å². The maximum absolute atomic E-state index is 11.9. The highest BCUT2D eigenvalue weighted by atomic mass is 35.5. The normalized spacial score (nSPS) is 40.8. The summed E-state index contributed by atoms with van der Waals surface area (Å²) in [6.07, 6.45) is 0. The summed E-state index contributed by atoms with van der Waals surface area (Å²) in [5, 5.41) is 23.9. The summed E-state index contributed by atoms with van der Waals surface area (Å²) in [7, 11) is 0. The van der Waals surface area contributed by atoms with Gasteiger partial charge in [0.1, 0.15) is 16.9 Å². The molecule has 0 saturated carbocycles. The van der Waals surface area contributed by atoms with Crippen molar-refractivity contribution < 1.29 is 4.79 Å². The van der Waals surface area contributed by atoms with Gasteiger partial charge in [0.05, 0.1) is 11.6 Å². The van der Waals surface area contributed by atoms with Crippen molar-refractivity contribution in [2.24, 2.45) is 11.3 Å². The molecule has 0 spiro atoms. The average molecular weight is 237 g/mol. The van der Waals surface area contributed by atoms with Gasteiger partial charge in [0, 0.05) is 5.92 Å². The number of carbonyl (C=O) groups excluding carboxylic acids is 1. The van der Waals surface area contributed by atoms with E-state index < -0.39 is 17.0 Å². The minimum absolute atomic E-state index is 0.00311. The van der Waals surface area contributed by atoms with Crippen molar-refractivity contribution in [3.05, 3.63) is 10.7 Å². The van der Waals surface area contributed by atoms with Gasteiger partial charge in [-0.25, -0.2) is 0 Å². The molecule has 1 fully saturated rings. The van der Waals surface area contributed by atoms with E-state index in [1.807, 2.05) is 12.1 Å². The fourth-order valence-electron chi connectivity index (χ4n) is 2.35. The first kappa shape index (κ1) is 10.8. The van der Waals surface area contributed by atoms with Crippen LogP contribution < -0.4 is 10.6 Å². The summed E-state index contributed by atoms with van der Waals surface area (Å²) in [6.45, 7) is 3.49. The van der Waals surface area contributed by atoms with Crippen LogP contribution in [0.2, 0.25) is 0 Å². The molecule has 0 aromatic carbocycles. The number of carbonyl (C=O) groups is 1. The molecule has 6 heteroatoms. The number of nitrogens with one attached hydrogen (secondary N) is 2.